The van der Waals surface area contributed by atoms with E-state index in [-0.39, 0.29) is 29.6 Å². The highest BCUT2D eigenvalue weighted by Gasteiger charge is 2.35. The molecule has 4 rings (SSSR count). The molecule has 0 saturated carbocycles. The molecule has 0 aliphatic carbocycles. The number of carbonyl (C=O) groups is 3. The first kappa shape index (κ1) is 25.4. The smallest absolute Gasteiger partial charge is 0.338 e. The zero-order valence-electron chi connectivity index (χ0n) is 20.2. The topological polar surface area (TPSA) is 79.6 Å². The molecule has 3 aromatic rings. The van der Waals surface area contributed by atoms with Crippen molar-refractivity contribution in [1.82, 2.24) is 5.32 Å². The summed E-state index contributed by atoms with van der Waals surface area (Å²) in [4.78, 5) is 39.4. The summed E-state index contributed by atoms with van der Waals surface area (Å²) in [5.41, 5.74) is 3.12. The molecular weight excluding hydrogens is 481 g/mol. The number of halogens is 1. The molecule has 0 radical (unpaired) electrons. The number of thioether (sulfide) groups is 1. The Hall–Kier alpha value is -3.72. The van der Waals surface area contributed by atoms with Gasteiger partial charge in [0.05, 0.1) is 17.9 Å². The molecule has 9 heteroatoms. The Morgan fingerprint density at radius 3 is 2.64 bits per heavy atom. The second-order valence-corrected chi connectivity index (χ2v) is 9.73. The van der Waals surface area contributed by atoms with Gasteiger partial charge in [0.1, 0.15) is 29.9 Å². The fraction of sp³-hybridized carbons (Fsp3) is 0.259. The number of ether oxygens (including phenoxy) is 1. The quantitative estimate of drug-likeness (QED) is 0.389. The Bertz CT molecular complexity index is 1300. The molecule has 1 fully saturated rings. The van der Waals surface area contributed by atoms with Crippen LogP contribution in [-0.2, 0) is 16.6 Å². The number of aryl methyl sites for hydroxylation is 2. The predicted molar refractivity (Wildman–Crippen MR) is 135 cm³/mol. The molecule has 2 atom stereocenters. The van der Waals surface area contributed by atoms with Gasteiger partial charge in [-0.05, 0) is 61.4 Å². The van der Waals surface area contributed by atoms with Gasteiger partial charge in [-0.15, -0.1) is 11.8 Å². The molecule has 1 N–H and O–H groups in total. The molecule has 1 aromatic heterocycles. The zero-order valence-corrected chi connectivity index (χ0v) is 21.0. The van der Waals surface area contributed by atoms with Crippen LogP contribution in [-0.4, -0.2) is 36.2 Å². The molecule has 1 aliphatic rings. The van der Waals surface area contributed by atoms with Gasteiger partial charge in [-0.25, -0.2) is 13.8 Å². The van der Waals surface area contributed by atoms with Crippen LogP contribution in [0.15, 0.2) is 67.0 Å². The number of hydrogen-bond acceptors (Lipinski definition) is 5. The fourth-order valence-electron chi connectivity index (χ4n) is 3.96. The molecule has 186 valence electrons. The standard InChI is InChI=1S/C27H26FN3O4S/c1-17-13-20(27(34)35-18(2)14-29-25(33)21-5-4-12-30(3)15-21)8-11-23(17)31-24(32)16-36-26(31)19-6-9-22(28)10-7-19/h4-13,15,18,26H,14,16H2,1-3H3/p+1. The Morgan fingerprint density at radius 2 is 1.94 bits per heavy atom. The largest absolute Gasteiger partial charge is 0.457 e. The van der Waals surface area contributed by atoms with Gasteiger partial charge in [0.25, 0.3) is 5.91 Å². The number of aromatic nitrogens is 1. The van der Waals surface area contributed by atoms with E-state index >= 15 is 0 Å². The van der Waals surface area contributed by atoms with Crippen LogP contribution >= 0.6 is 11.8 Å². The number of esters is 1. The lowest BCUT2D eigenvalue weighted by molar-refractivity contribution is -0.671. The van der Waals surface area contributed by atoms with Gasteiger partial charge < -0.3 is 10.1 Å². The van der Waals surface area contributed by atoms with E-state index in [1.165, 1.54) is 23.9 Å². The lowest BCUT2D eigenvalue weighted by Gasteiger charge is -2.26. The third-order valence-electron chi connectivity index (χ3n) is 5.78. The van der Waals surface area contributed by atoms with Crippen molar-refractivity contribution in [1.29, 1.82) is 0 Å². The first-order valence-electron chi connectivity index (χ1n) is 11.5. The highest BCUT2D eigenvalue weighted by atomic mass is 32.2. The number of anilines is 1. The van der Waals surface area contributed by atoms with Crippen LogP contribution < -0.4 is 14.8 Å². The zero-order chi connectivity index (χ0) is 25.8. The molecule has 0 bridgehead atoms. The minimum Gasteiger partial charge on any atom is -0.457 e. The molecule has 1 aliphatic heterocycles. The number of amides is 2. The number of pyridine rings is 1. The third-order valence-corrected chi connectivity index (χ3v) is 6.99. The summed E-state index contributed by atoms with van der Waals surface area (Å²) in [7, 11) is 1.83. The number of nitrogens with zero attached hydrogens (tertiary/aromatic N) is 2. The summed E-state index contributed by atoms with van der Waals surface area (Å²) >= 11 is 1.47. The summed E-state index contributed by atoms with van der Waals surface area (Å²) in [5.74, 6) is -0.839. The third kappa shape index (κ3) is 5.73. The maximum atomic E-state index is 13.4. The van der Waals surface area contributed by atoms with Crippen molar-refractivity contribution >= 4 is 35.2 Å². The van der Waals surface area contributed by atoms with E-state index in [1.807, 2.05) is 20.2 Å². The lowest BCUT2D eigenvalue weighted by Crippen LogP contribution is -2.35. The number of hydrogen-bond donors (Lipinski definition) is 1. The minimum atomic E-state index is -0.543. The number of benzene rings is 2. The molecular formula is C27H27FN3O4S+. The van der Waals surface area contributed by atoms with Crippen LogP contribution in [0.1, 0.15) is 44.1 Å². The van der Waals surface area contributed by atoms with Crippen molar-refractivity contribution in [3.8, 4) is 0 Å². The summed E-state index contributed by atoms with van der Waals surface area (Å²) in [6, 6.07) is 14.6. The van der Waals surface area contributed by atoms with Crippen LogP contribution in [0.3, 0.4) is 0 Å². The van der Waals surface area contributed by atoms with Crippen LogP contribution in [0.25, 0.3) is 0 Å². The summed E-state index contributed by atoms with van der Waals surface area (Å²) in [5, 5.41) is 2.50. The average molecular weight is 509 g/mol. The Morgan fingerprint density at radius 1 is 1.19 bits per heavy atom. The van der Waals surface area contributed by atoms with E-state index in [4.69, 9.17) is 4.74 Å². The number of nitrogens with one attached hydrogen (secondary N) is 1. The molecule has 2 heterocycles. The maximum absolute atomic E-state index is 13.4. The maximum Gasteiger partial charge on any atom is 0.338 e. The highest BCUT2D eigenvalue weighted by molar-refractivity contribution is 8.00. The number of carbonyl (C=O) groups excluding carboxylic acids is 3. The molecule has 36 heavy (non-hydrogen) atoms. The molecule has 7 nitrogen and oxygen atoms in total. The summed E-state index contributed by atoms with van der Waals surface area (Å²) in [6.45, 7) is 3.70. The van der Waals surface area contributed by atoms with Crippen molar-refractivity contribution < 1.29 is 28.1 Å². The minimum absolute atomic E-state index is 0.0517. The summed E-state index contributed by atoms with van der Waals surface area (Å²) < 4.78 is 20.7. The summed E-state index contributed by atoms with van der Waals surface area (Å²) in [6.07, 6.45) is 2.99. The van der Waals surface area contributed by atoms with Gasteiger partial charge in [0.2, 0.25) is 5.91 Å². The fourth-order valence-corrected chi connectivity index (χ4v) is 5.13. The second-order valence-electron chi connectivity index (χ2n) is 8.66. The molecule has 2 amide bonds. The first-order valence-corrected chi connectivity index (χ1v) is 12.5. The van der Waals surface area contributed by atoms with Crippen molar-refractivity contribution in [3.05, 3.63) is 95.1 Å². The van der Waals surface area contributed by atoms with Crippen molar-refractivity contribution in [3.63, 3.8) is 0 Å². The van der Waals surface area contributed by atoms with E-state index in [1.54, 1.807) is 65.1 Å². The molecule has 2 aromatic carbocycles. The van der Waals surface area contributed by atoms with Crippen LogP contribution in [0.2, 0.25) is 0 Å². The highest BCUT2D eigenvalue weighted by Crippen LogP contribution is 2.42. The van der Waals surface area contributed by atoms with Crippen molar-refractivity contribution in [2.75, 3.05) is 17.2 Å². The van der Waals surface area contributed by atoms with E-state index in [0.29, 0.717) is 22.6 Å². The van der Waals surface area contributed by atoms with Gasteiger partial charge in [-0.2, -0.15) is 0 Å². The average Bonchev–Trinajstić information content (AvgIpc) is 3.23. The predicted octanol–water partition coefficient (Wildman–Crippen LogP) is 3.71. The molecule has 0 spiro atoms. The van der Waals surface area contributed by atoms with E-state index in [0.717, 1.165) is 11.1 Å². The SMILES string of the molecule is Cc1cc(C(=O)OC(C)CNC(=O)c2ccc[n+](C)c2)ccc1N1C(=O)CSC1c1ccc(F)cc1. The second kappa shape index (κ2) is 10.9. The van der Waals surface area contributed by atoms with E-state index in [9.17, 15) is 18.8 Å². The van der Waals surface area contributed by atoms with Gasteiger partial charge >= 0.3 is 5.97 Å². The van der Waals surface area contributed by atoms with E-state index < -0.39 is 12.1 Å². The lowest BCUT2D eigenvalue weighted by atomic mass is 10.1. The van der Waals surface area contributed by atoms with Crippen LogP contribution in [0.4, 0.5) is 10.1 Å². The number of rotatable bonds is 7. The van der Waals surface area contributed by atoms with Crippen LogP contribution in [0, 0.1) is 12.7 Å². The first-order chi connectivity index (χ1) is 17.2. The Kier molecular flexibility index (Phi) is 7.69. The Labute approximate surface area is 213 Å². The normalized spacial score (nSPS) is 16.1. The van der Waals surface area contributed by atoms with Crippen molar-refractivity contribution in [2.24, 2.45) is 7.05 Å². The molecule has 1 saturated heterocycles. The monoisotopic (exact) mass is 508 g/mol. The van der Waals surface area contributed by atoms with E-state index in [2.05, 4.69) is 5.32 Å². The van der Waals surface area contributed by atoms with Gasteiger partial charge in [-0.3, -0.25) is 14.5 Å². The van der Waals surface area contributed by atoms with Gasteiger partial charge in [0, 0.05) is 11.8 Å². The van der Waals surface area contributed by atoms with Crippen LogP contribution in [0.5, 0.6) is 0 Å². The van der Waals surface area contributed by atoms with Gasteiger partial charge in [0.15, 0.2) is 12.4 Å². The van der Waals surface area contributed by atoms with Gasteiger partial charge in [-0.1, -0.05) is 12.1 Å². The van der Waals surface area contributed by atoms with Crippen molar-refractivity contribution in [2.45, 2.75) is 25.3 Å². The molecule has 2 unspecified atom stereocenters. The Balaban J connectivity index is 1.40.